The molecule has 0 aliphatic carbocycles. The molecule has 1 aliphatic heterocycles. The standard InChI is InChI=1S/C12H17N5O2/c1-8-6-9(13-2)15-10(14-8)7-17-5-4-16(3)11(18)12(17)19/h6H,4-5,7H2,1-3H3,(H,13,14,15). The number of anilines is 1. The molecule has 7 nitrogen and oxygen atoms in total. The zero-order chi connectivity index (χ0) is 14.0. The first-order valence-corrected chi connectivity index (χ1v) is 6.08. The number of nitrogens with one attached hydrogen (secondary N) is 1. The van der Waals surface area contributed by atoms with Crippen LogP contribution in [0.25, 0.3) is 0 Å². The maximum Gasteiger partial charge on any atom is 0.312 e. The molecule has 1 aromatic rings. The van der Waals surface area contributed by atoms with E-state index in [-0.39, 0.29) is 6.54 Å². The highest BCUT2D eigenvalue weighted by Gasteiger charge is 2.30. The summed E-state index contributed by atoms with van der Waals surface area (Å²) in [5.74, 6) is 0.267. The van der Waals surface area contributed by atoms with Gasteiger partial charge in [0.05, 0.1) is 6.54 Å². The van der Waals surface area contributed by atoms with Gasteiger partial charge in [0.15, 0.2) is 0 Å². The van der Waals surface area contributed by atoms with Crippen LogP contribution in [0.1, 0.15) is 11.5 Å². The number of piperazine rings is 1. The van der Waals surface area contributed by atoms with E-state index in [1.54, 1.807) is 14.1 Å². The van der Waals surface area contributed by atoms with Crippen molar-refractivity contribution in [2.24, 2.45) is 0 Å². The van der Waals surface area contributed by atoms with E-state index in [1.165, 1.54) is 9.80 Å². The summed E-state index contributed by atoms with van der Waals surface area (Å²) < 4.78 is 0. The third-order valence-corrected chi connectivity index (χ3v) is 3.01. The number of aryl methyl sites for hydroxylation is 1. The molecular weight excluding hydrogens is 246 g/mol. The van der Waals surface area contributed by atoms with Crippen LogP contribution in [-0.2, 0) is 16.1 Å². The third-order valence-electron chi connectivity index (χ3n) is 3.01. The zero-order valence-corrected chi connectivity index (χ0v) is 11.3. The Morgan fingerprint density at radius 3 is 2.68 bits per heavy atom. The van der Waals surface area contributed by atoms with Gasteiger partial charge in [-0.1, -0.05) is 0 Å². The van der Waals surface area contributed by atoms with Crippen LogP contribution >= 0.6 is 0 Å². The van der Waals surface area contributed by atoms with Gasteiger partial charge in [0.1, 0.15) is 11.6 Å². The quantitative estimate of drug-likeness (QED) is 0.753. The van der Waals surface area contributed by atoms with E-state index in [0.717, 1.165) is 5.69 Å². The lowest BCUT2D eigenvalue weighted by Gasteiger charge is -2.30. The van der Waals surface area contributed by atoms with Crippen LogP contribution in [0.3, 0.4) is 0 Å². The van der Waals surface area contributed by atoms with Gasteiger partial charge in [-0.2, -0.15) is 0 Å². The molecule has 1 aliphatic rings. The van der Waals surface area contributed by atoms with Crippen molar-refractivity contribution in [3.63, 3.8) is 0 Å². The van der Waals surface area contributed by atoms with Crippen molar-refractivity contribution in [3.8, 4) is 0 Å². The van der Waals surface area contributed by atoms with Crippen LogP contribution in [0.4, 0.5) is 5.82 Å². The Hall–Kier alpha value is -2.18. The number of nitrogens with zero attached hydrogens (tertiary/aromatic N) is 4. The highest BCUT2D eigenvalue weighted by Crippen LogP contribution is 2.10. The minimum absolute atomic E-state index is 0.259. The van der Waals surface area contributed by atoms with E-state index in [1.807, 2.05) is 13.0 Å². The molecule has 0 saturated carbocycles. The van der Waals surface area contributed by atoms with E-state index < -0.39 is 11.8 Å². The van der Waals surface area contributed by atoms with Crippen molar-refractivity contribution in [1.29, 1.82) is 0 Å². The predicted molar refractivity (Wildman–Crippen MR) is 69.4 cm³/mol. The van der Waals surface area contributed by atoms with Crippen LogP contribution in [0.15, 0.2) is 6.07 Å². The summed E-state index contributed by atoms with van der Waals surface area (Å²) in [4.78, 5) is 34.9. The number of hydrogen-bond donors (Lipinski definition) is 1. The Morgan fingerprint density at radius 1 is 1.26 bits per heavy atom. The maximum absolute atomic E-state index is 11.8. The summed E-state index contributed by atoms with van der Waals surface area (Å²) in [5, 5.41) is 2.94. The minimum Gasteiger partial charge on any atom is -0.373 e. The molecule has 0 unspecified atom stereocenters. The highest BCUT2D eigenvalue weighted by molar-refractivity contribution is 6.35. The lowest BCUT2D eigenvalue weighted by Crippen LogP contribution is -2.52. The largest absolute Gasteiger partial charge is 0.373 e. The number of likely N-dealkylation sites (N-methyl/N-ethyl adjacent to an activating group) is 1. The Labute approximate surface area is 111 Å². The second-order valence-corrected chi connectivity index (χ2v) is 4.51. The molecule has 0 atom stereocenters. The number of aromatic nitrogens is 2. The van der Waals surface area contributed by atoms with Gasteiger partial charge < -0.3 is 15.1 Å². The van der Waals surface area contributed by atoms with Gasteiger partial charge in [0.25, 0.3) is 0 Å². The molecule has 2 rings (SSSR count). The Kier molecular flexibility index (Phi) is 3.64. The van der Waals surface area contributed by atoms with Crippen molar-refractivity contribution in [3.05, 3.63) is 17.6 Å². The van der Waals surface area contributed by atoms with Gasteiger partial charge in [-0.05, 0) is 6.92 Å². The number of amides is 2. The van der Waals surface area contributed by atoms with E-state index in [2.05, 4.69) is 15.3 Å². The summed E-state index contributed by atoms with van der Waals surface area (Å²) >= 11 is 0. The Bertz CT molecular complexity index is 517. The first-order valence-electron chi connectivity index (χ1n) is 6.08. The molecule has 0 bridgehead atoms. The van der Waals surface area contributed by atoms with Crippen LogP contribution in [0.2, 0.25) is 0 Å². The number of hydrogen-bond acceptors (Lipinski definition) is 5. The van der Waals surface area contributed by atoms with Gasteiger partial charge >= 0.3 is 11.8 Å². The Morgan fingerprint density at radius 2 is 2.00 bits per heavy atom. The molecule has 0 spiro atoms. The second-order valence-electron chi connectivity index (χ2n) is 4.51. The van der Waals surface area contributed by atoms with Gasteiger partial charge in [0.2, 0.25) is 0 Å². The second kappa shape index (κ2) is 5.21. The van der Waals surface area contributed by atoms with Gasteiger partial charge in [-0.3, -0.25) is 9.59 Å². The van der Waals surface area contributed by atoms with E-state index in [0.29, 0.717) is 24.7 Å². The SMILES string of the molecule is CNc1cc(C)nc(CN2CCN(C)C(=O)C2=O)n1. The molecule has 1 aromatic heterocycles. The Balaban J connectivity index is 2.15. The molecule has 0 aromatic carbocycles. The summed E-state index contributed by atoms with van der Waals surface area (Å²) in [5.41, 5.74) is 0.822. The first kappa shape index (κ1) is 13.3. The van der Waals surface area contributed by atoms with Gasteiger partial charge in [-0.15, -0.1) is 0 Å². The maximum atomic E-state index is 11.8. The van der Waals surface area contributed by atoms with Crippen LogP contribution in [0.5, 0.6) is 0 Å². The topological polar surface area (TPSA) is 78.4 Å². The molecule has 0 radical (unpaired) electrons. The lowest BCUT2D eigenvalue weighted by atomic mass is 10.3. The molecule has 1 saturated heterocycles. The monoisotopic (exact) mass is 263 g/mol. The lowest BCUT2D eigenvalue weighted by molar-refractivity contribution is -0.155. The normalized spacial score (nSPS) is 15.9. The smallest absolute Gasteiger partial charge is 0.312 e. The van der Waals surface area contributed by atoms with Gasteiger partial charge in [-0.25, -0.2) is 9.97 Å². The van der Waals surface area contributed by atoms with Crippen molar-refractivity contribution >= 4 is 17.6 Å². The fourth-order valence-corrected chi connectivity index (χ4v) is 1.92. The zero-order valence-electron chi connectivity index (χ0n) is 11.3. The summed E-state index contributed by atoms with van der Waals surface area (Å²) in [7, 11) is 3.40. The van der Waals surface area contributed by atoms with Crippen LogP contribution < -0.4 is 5.32 Å². The molecular formula is C12H17N5O2. The molecule has 19 heavy (non-hydrogen) atoms. The molecule has 7 heteroatoms. The van der Waals surface area contributed by atoms with Crippen molar-refractivity contribution < 1.29 is 9.59 Å². The minimum atomic E-state index is -0.495. The number of rotatable bonds is 3. The number of carbonyl (C=O) groups is 2. The molecule has 2 amide bonds. The predicted octanol–water partition coefficient (Wildman–Crippen LogP) is -0.373. The number of carbonyl (C=O) groups excluding carboxylic acids is 2. The molecule has 2 heterocycles. The van der Waals surface area contributed by atoms with Gasteiger partial charge in [0, 0.05) is 38.9 Å². The molecule has 1 fully saturated rings. The molecule has 102 valence electrons. The third kappa shape index (κ3) is 2.81. The highest BCUT2D eigenvalue weighted by atomic mass is 16.2. The summed E-state index contributed by atoms with van der Waals surface area (Å²) in [6.07, 6.45) is 0. The van der Waals surface area contributed by atoms with E-state index >= 15 is 0 Å². The van der Waals surface area contributed by atoms with E-state index in [4.69, 9.17) is 0 Å². The summed E-state index contributed by atoms with van der Waals surface area (Å²) in [6, 6.07) is 1.82. The van der Waals surface area contributed by atoms with Crippen molar-refractivity contribution in [1.82, 2.24) is 19.8 Å². The first-order chi connectivity index (χ1) is 9.01. The fourth-order valence-electron chi connectivity index (χ4n) is 1.92. The average molecular weight is 263 g/mol. The molecule has 1 N–H and O–H groups in total. The fraction of sp³-hybridized carbons (Fsp3) is 0.500. The summed E-state index contributed by atoms with van der Waals surface area (Å²) in [6.45, 7) is 3.17. The average Bonchev–Trinajstić information content (AvgIpc) is 2.39. The van der Waals surface area contributed by atoms with Crippen LogP contribution in [-0.4, -0.2) is 58.8 Å². The van der Waals surface area contributed by atoms with E-state index in [9.17, 15) is 9.59 Å². The van der Waals surface area contributed by atoms with Crippen LogP contribution in [0, 0.1) is 6.92 Å². The van der Waals surface area contributed by atoms with Crippen molar-refractivity contribution in [2.45, 2.75) is 13.5 Å². The van der Waals surface area contributed by atoms with Crippen molar-refractivity contribution in [2.75, 3.05) is 32.5 Å².